The van der Waals surface area contributed by atoms with Crippen LogP contribution in [0.3, 0.4) is 0 Å². The van der Waals surface area contributed by atoms with Crippen LogP contribution in [0.2, 0.25) is 0 Å². The molecule has 0 aromatic heterocycles. The molecule has 2 heterocycles. The van der Waals surface area contributed by atoms with Crippen molar-refractivity contribution in [3.63, 3.8) is 0 Å². The van der Waals surface area contributed by atoms with Gasteiger partial charge in [-0.05, 0) is 5.56 Å². The highest BCUT2D eigenvalue weighted by Crippen LogP contribution is 2.38. The van der Waals surface area contributed by atoms with Crippen molar-refractivity contribution in [1.29, 1.82) is 0 Å². The second kappa shape index (κ2) is 7.52. The van der Waals surface area contributed by atoms with Crippen molar-refractivity contribution in [3.8, 4) is 0 Å². The summed E-state index contributed by atoms with van der Waals surface area (Å²) in [5, 5.41) is 19.1. The number of amidine groups is 1. The van der Waals surface area contributed by atoms with E-state index in [9.17, 15) is 9.90 Å². The van der Waals surface area contributed by atoms with Gasteiger partial charge in [-0.15, -0.1) is 0 Å². The number of thioether (sulfide) groups is 1. The minimum Gasteiger partial charge on any atom is -0.465 e. The van der Waals surface area contributed by atoms with Crippen LogP contribution >= 0.6 is 11.8 Å². The van der Waals surface area contributed by atoms with E-state index in [1.807, 2.05) is 30.3 Å². The molecule has 0 unspecified atom stereocenters. The number of aliphatic hydroxyl groups excluding tert-OH is 1. The molecule has 0 aliphatic carbocycles. The number of aliphatic hydroxyl groups is 1. The molecule has 4 atom stereocenters. The Bertz CT molecular complexity index is 612. The first-order chi connectivity index (χ1) is 11.6. The molecule has 0 bridgehead atoms. The normalized spacial score (nSPS) is 29.0. The number of amides is 1. The molecule has 0 saturated carbocycles. The molecule has 130 valence electrons. The molecular formula is C16H20N2O5S. The first kappa shape index (κ1) is 17.2. The van der Waals surface area contributed by atoms with Crippen molar-refractivity contribution < 1.29 is 24.5 Å². The molecule has 1 saturated heterocycles. The van der Waals surface area contributed by atoms with E-state index in [1.165, 1.54) is 18.8 Å². The van der Waals surface area contributed by atoms with Crippen LogP contribution in [-0.2, 0) is 16.1 Å². The van der Waals surface area contributed by atoms with E-state index in [0.717, 1.165) is 10.5 Å². The number of aliphatic imine (C=N–C) groups is 1. The Morgan fingerprint density at radius 1 is 1.46 bits per heavy atom. The van der Waals surface area contributed by atoms with Gasteiger partial charge < -0.3 is 19.7 Å². The van der Waals surface area contributed by atoms with E-state index in [1.54, 1.807) is 0 Å². The zero-order chi connectivity index (χ0) is 17.1. The van der Waals surface area contributed by atoms with Gasteiger partial charge in [-0.25, -0.2) is 4.79 Å². The molecule has 8 heteroatoms. The van der Waals surface area contributed by atoms with Crippen molar-refractivity contribution in [2.24, 2.45) is 4.99 Å². The number of hydrogen-bond donors (Lipinski definition) is 2. The smallest absolute Gasteiger partial charge is 0.413 e. The minimum absolute atomic E-state index is 0.145. The lowest BCUT2D eigenvalue weighted by atomic mass is 10.0. The molecule has 7 nitrogen and oxygen atoms in total. The quantitative estimate of drug-likeness (QED) is 0.858. The highest BCUT2D eigenvalue weighted by atomic mass is 32.2. The third-order valence-electron chi connectivity index (χ3n) is 4.07. The largest absolute Gasteiger partial charge is 0.465 e. The fourth-order valence-electron chi connectivity index (χ4n) is 2.71. The summed E-state index contributed by atoms with van der Waals surface area (Å²) >= 11 is 1.27. The monoisotopic (exact) mass is 352 g/mol. The zero-order valence-electron chi connectivity index (χ0n) is 13.2. The van der Waals surface area contributed by atoms with Gasteiger partial charge in [0.15, 0.2) is 5.17 Å². The molecule has 3 rings (SSSR count). The lowest BCUT2D eigenvalue weighted by molar-refractivity contribution is -0.140. The third-order valence-corrected chi connectivity index (χ3v) is 5.32. The van der Waals surface area contributed by atoms with Crippen LogP contribution in [-0.4, -0.2) is 63.7 Å². The second-order valence-electron chi connectivity index (χ2n) is 5.73. The number of rotatable bonds is 4. The molecule has 1 fully saturated rings. The summed E-state index contributed by atoms with van der Waals surface area (Å²) in [6, 6.07) is 9.62. The molecular weight excluding hydrogens is 332 g/mol. The Hall–Kier alpha value is -1.61. The first-order valence-electron chi connectivity index (χ1n) is 7.71. The van der Waals surface area contributed by atoms with E-state index in [4.69, 9.17) is 14.6 Å². The molecule has 1 amide bonds. The van der Waals surface area contributed by atoms with Gasteiger partial charge in [-0.3, -0.25) is 9.89 Å². The number of carboxylic acid groups (broad SMARTS) is 1. The molecule has 1 aromatic carbocycles. The Morgan fingerprint density at radius 3 is 2.88 bits per heavy atom. The number of carbonyl (C=O) groups is 1. The average molecular weight is 352 g/mol. The number of nitrogens with zero attached hydrogens (tertiary/aromatic N) is 2. The zero-order valence-corrected chi connectivity index (χ0v) is 14.1. The lowest BCUT2D eigenvalue weighted by Gasteiger charge is -2.36. The topological polar surface area (TPSA) is 91.6 Å². The lowest BCUT2D eigenvalue weighted by Crippen LogP contribution is -2.46. The average Bonchev–Trinajstić information content (AvgIpc) is 3.01. The van der Waals surface area contributed by atoms with Gasteiger partial charge in [0.05, 0.1) is 25.4 Å². The number of fused-ring (bicyclic) bond motifs is 1. The summed E-state index contributed by atoms with van der Waals surface area (Å²) in [5.41, 5.74) is 0.766. The van der Waals surface area contributed by atoms with Crippen molar-refractivity contribution >= 4 is 23.0 Å². The van der Waals surface area contributed by atoms with E-state index in [0.29, 0.717) is 18.2 Å². The van der Waals surface area contributed by atoms with Gasteiger partial charge in [-0.1, -0.05) is 42.1 Å². The second-order valence-corrected chi connectivity index (χ2v) is 6.80. The predicted octanol–water partition coefficient (Wildman–Crippen LogP) is 1.76. The van der Waals surface area contributed by atoms with Crippen LogP contribution in [0.15, 0.2) is 35.3 Å². The summed E-state index contributed by atoms with van der Waals surface area (Å²) in [6.45, 7) is 0.287. The summed E-state index contributed by atoms with van der Waals surface area (Å²) in [4.78, 5) is 16.6. The van der Waals surface area contributed by atoms with Crippen molar-refractivity contribution in [3.05, 3.63) is 35.9 Å². The fraction of sp³-hybridized carbons (Fsp3) is 0.500. The highest BCUT2D eigenvalue weighted by molar-refractivity contribution is 8.14. The van der Waals surface area contributed by atoms with Gasteiger partial charge in [0, 0.05) is 13.5 Å². The third kappa shape index (κ3) is 3.72. The SMILES string of the molecule is CN(C(=O)O)C1=N[C@@H]2C[C@H](OCc3ccccc3)[C@@H](CO)O[C@@H]2S1. The van der Waals surface area contributed by atoms with Crippen molar-refractivity contribution in [2.75, 3.05) is 13.7 Å². The van der Waals surface area contributed by atoms with Crippen LogP contribution in [0.25, 0.3) is 0 Å². The number of benzene rings is 1. The van der Waals surface area contributed by atoms with E-state index in [2.05, 4.69) is 4.99 Å². The standard InChI is InChI=1S/C16H20N2O5S/c1-18(16(20)21)15-17-11-7-12(13(8-19)23-14(11)24-15)22-9-10-5-3-2-4-6-10/h2-6,11-14,19H,7-9H2,1H3,(H,20,21)/t11-,12+,13-,14-/m1/s1. The molecule has 0 radical (unpaired) electrons. The Morgan fingerprint density at radius 2 is 2.21 bits per heavy atom. The molecule has 2 N–H and O–H groups in total. The molecule has 24 heavy (non-hydrogen) atoms. The summed E-state index contributed by atoms with van der Waals surface area (Å²) in [7, 11) is 1.46. The fourth-order valence-corrected chi connectivity index (χ4v) is 3.88. The van der Waals surface area contributed by atoms with Gasteiger partial charge in [0.1, 0.15) is 11.5 Å². The van der Waals surface area contributed by atoms with Crippen molar-refractivity contribution in [1.82, 2.24) is 4.90 Å². The maximum absolute atomic E-state index is 11.1. The summed E-state index contributed by atoms with van der Waals surface area (Å²) in [6.07, 6.45) is -1.19. The van der Waals surface area contributed by atoms with Crippen LogP contribution in [0.1, 0.15) is 12.0 Å². The van der Waals surface area contributed by atoms with E-state index < -0.39 is 12.2 Å². The Labute approximate surface area is 144 Å². The van der Waals surface area contributed by atoms with Gasteiger partial charge >= 0.3 is 6.09 Å². The summed E-state index contributed by atoms with van der Waals surface area (Å²) in [5.74, 6) is 0. The van der Waals surface area contributed by atoms with E-state index in [-0.39, 0.29) is 24.2 Å². The number of hydrogen-bond acceptors (Lipinski definition) is 6. The van der Waals surface area contributed by atoms with E-state index >= 15 is 0 Å². The van der Waals surface area contributed by atoms with Gasteiger partial charge in [0.2, 0.25) is 0 Å². The van der Waals surface area contributed by atoms with Crippen molar-refractivity contribution in [2.45, 2.75) is 36.7 Å². The highest BCUT2D eigenvalue weighted by Gasteiger charge is 2.43. The Balaban J connectivity index is 1.64. The van der Waals surface area contributed by atoms with Crippen LogP contribution in [0.4, 0.5) is 4.79 Å². The maximum Gasteiger partial charge on any atom is 0.413 e. The maximum atomic E-state index is 11.1. The minimum atomic E-state index is -1.06. The van der Waals surface area contributed by atoms with Crippen LogP contribution < -0.4 is 0 Å². The predicted molar refractivity (Wildman–Crippen MR) is 90.0 cm³/mol. The first-order valence-corrected chi connectivity index (χ1v) is 8.59. The molecule has 2 aliphatic rings. The molecule has 2 aliphatic heterocycles. The molecule has 0 spiro atoms. The van der Waals surface area contributed by atoms with Crippen LogP contribution in [0, 0.1) is 0 Å². The van der Waals surface area contributed by atoms with Gasteiger partial charge in [-0.2, -0.15) is 0 Å². The van der Waals surface area contributed by atoms with Crippen LogP contribution in [0.5, 0.6) is 0 Å². The molecule has 1 aromatic rings. The van der Waals surface area contributed by atoms with Gasteiger partial charge in [0.25, 0.3) is 0 Å². The number of ether oxygens (including phenoxy) is 2. The summed E-state index contributed by atoms with van der Waals surface area (Å²) < 4.78 is 11.8. The Kier molecular flexibility index (Phi) is 5.40.